The van der Waals surface area contributed by atoms with E-state index >= 15 is 0 Å². The van der Waals surface area contributed by atoms with E-state index in [1.807, 2.05) is 12.1 Å². The standard InChI is InChI=1S/C21H24ClN7O2/c1-27-7-8-29(20(27)30)18-3-6-23-19(25-18)26-21(4-5-21)17-12-28(13-24-17)15-9-14(22)10-16(11-15)31-2/h3,6,9-12,24H,4-5,7-8,13H2,1-2H3,(H,23,25,26). The maximum absolute atomic E-state index is 12.3. The number of nitrogens with one attached hydrogen (secondary N) is 2. The number of carbonyl (C=O) groups is 1. The van der Waals surface area contributed by atoms with E-state index < -0.39 is 0 Å². The summed E-state index contributed by atoms with van der Waals surface area (Å²) in [5.74, 6) is 1.85. The van der Waals surface area contributed by atoms with Crippen molar-refractivity contribution in [2.45, 2.75) is 18.4 Å². The summed E-state index contributed by atoms with van der Waals surface area (Å²) in [6, 6.07) is 7.38. The van der Waals surface area contributed by atoms with Gasteiger partial charge in [0, 0.05) is 49.3 Å². The Morgan fingerprint density at radius 3 is 2.81 bits per heavy atom. The van der Waals surface area contributed by atoms with Crippen molar-refractivity contribution in [1.82, 2.24) is 20.2 Å². The largest absolute Gasteiger partial charge is 0.497 e. The molecular weight excluding hydrogens is 418 g/mol. The summed E-state index contributed by atoms with van der Waals surface area (Å²) >= 11 is 6.23. The molecule has 31 heavy (non-hydrogen) atoms. The Balaban J connectivity index is 1.34. The van der Waals surface area contributed by atoms with Crippen molar-refractivity contribution in [3.8, 4) is 5.75 Å². The first-order valence-electron chi connectivity index (χ1n) is 10.2. The molecule has 1 saturated heterocycles. The second kappa shape index (κ2) is 7.49. The zero-order valence-corrected chi connectivity index (χ0v) is 18.2. The van der Waals surface area contributed by atoms with Crippen LogP contribution in [0.3, 0.4) is 0 Å². The van der Waals surface area contributed by atoms with E-state index in [2.05, 4.69) is 31.7 Å². The van der Waals surface area contributed by atoms with Gasteiger partial charge in [0.1, 0.15) is 11.6 Å². The Bertz CT molecular complexity index is 1060. The number of aromatic nitrogens is 2. The second-order valence-corrected chi connectivity index (χ2v) is 8.43. The Morgan fingerprint density at radius 2 is 2.10 bits per heavy atom. The van der Waals surface area contributed by atoms with Crippen LogP contribution in [0.25, 0.3) is 0 Å². The van der Waals surface area contributed by atoms with Gasteiger partial charge in [-0.05, 0) is 31.0 Å². The Hall–Kier alpha value is -3.20. The number of nitrogens with zero attached hydrogens (tertiary/aromatic N) is 5. The minimum absolute atomic E-state index is 0.0430. The molecule has 2 amide bonds. The van der Waals surface area contributed by atoms with Crippen molar-refractivity contribution in [3.05, 3.63) is 47.4 Å². The van der Waals surface area contributed by atoms with Crippen LogP contribution >= 0.6 is 11.6 Å². The van der Waals surface area contributed by atoms with Crippen molar-refractivity contribution in [2.75, 3.05) is 49.0 Å². The predicted octanol–water partition coefficient (Wildman–Crippen LogP) is 2.86. The van der Waals surface area contributed by atoms with Gasteiger partial charge >= 0.3 is 6.03 Å². The third kappa shape index (κ3) is 3.69. The van der Waals surface area contributed by atoms with Crippen molar-refractivity contribution in [1.29, 1.82) is 0 Å². The fraction of sp³-hybridized carbons (Fsp3) is 0.381. The van der Waals surface area contributed by atoms with Crippen LogP contribution in [0.1, 0.15) is 12.8 Å². The summed E-state index contributed by atoms with van der Waals surface area (Å²) in [6.07, 6.45) is 5.72. The number of hydrogen-bond acceptors (Lipinski definition) is 7. The zero-order valence-electron chi connectivity index (χ0n) is 17.4. The minimum Gasteiger partial charge on any atom is -0.497 e. The van der Waals surface area contributed by atoms with Gasteiger partial charge in [0.15, 0.2) is 0 Å². The summed E-state index contributed by atoms with van der Waals surface area (Å²) in [5.41, 5.74) is 1.80. The number of likely N-dealkylation sites (N-methyl/N-ethyl adjacent to an activating group) is 1. The van der Waals surface area contributed by atoms with Crippen LogP contribution < -0.4 is 25.2 Å². The van der Waals surface area contributed by atoms with E-state index in [0.29, 0.717) is 36.5 Å². The van der Waals surface area contributed by atoms with Gasteiger partial charge in [-0.1, -0.05) is 11.6 Å². The van der Waals surface area contributed by atoms with Gasteiger partial charge in [-0.2, -0.15) is 4.98 Å². The highest BCUT2D eigenvalue weighted by atomic mass is 35.5. The van der Waals surface area contributed by atoms with Gasteiger partial charge in [0.05, 0.1) is 25.0 Å². The number of halogens is 1. The normalized spacial score (nSPS) is 19.4. The molecule has 0 bridgehead atoms. The smallest absolute Gasteiger partial charge is 0.325 e. The zero-order chi connectivity index (χ0) is 21.6. The van der Waals surface area contributed by atoms with Crippen molar-refractivity contribution < 1.29 is 9.53 Å². The second-order valence-electron chi connectivity index (χ2n) is 8.00. The van der Waals surface area contributed by atoms with Gasteiger partial charge in [-0.3, -0.25) is 4.90 Å². The van der Waals surface area contributed by atoms with Crippen LogP contribution in [0.5, 0.6) is 5.75 Å². The van der Waals surface area contributed by atoms with Crippen molar-refractivity contribution in [2.24, 2.45) is 0 Å². The number of rotatable bonds is 6. The minimum atomic E-state index is -0.234. The van der Waals surface area contributed by atoms with E-state index in [1.54, 1.807) is 42.3 Å². The van der Waals surface area contributed by atoms with Gasteiger partial charge in [0.25, 0.3) is 0 Å². The fourth-order valence-electron chi connectivity index (χ4n) is 3.93. The summed E-state index contributed by atoms with van der Waals surface area (Å²) in [5, 5.41) is 7.59. The molecule has 0 spiro atoms. The van der Waals surface area contributed by atoms with E-state index in [9.17, 15) is 4.79 Å². The molecule has 10 heteroatoms. The quantitative estimate of drug-likeness (QED) is 0.712. The van der Waals surface area contributed by atoms with E-state index in [0.717, 1.165) is 30.0 Å². The third-order valence-electron chi connectivity index (χ3n) is 5.90. The van der Waals surface area contributed by atoms with Crippen LogP contribution in [-0.2, 0) is 0 Å². The van der Waals surface area contributed by atoms with Gasteiger partial charge in [0.2, 0.25) is 5.95 Å². The Labute approximate surface area is 185 Å². The van der Waals surface area contributed by atoms with Crippen LogP contribution in [0, 0.1) is 0 Å². The highest BCUT2D eigenvalue weighted by Gasteiger charge is 2.48. The first-order valence-corrected chi connectivity index (χ1v) is 10.6. The molecule has 3 aliphatic rings. The summed E-state index contributed by atoms with van der Waals surface area (Å²) in [4.78, 5) is 26.7. The lowest BCUT2D eigenvalue weighted by molar-refractivity contribution is 0.229. The molecule has 9 nitrogen and oxygen atoms in total. The first-order chi connectivity index (χ1) is 15.0. The first kappa shape index (κ1) is 19.7. The average molecular weight is 442 g/mol. The third-order valence-corrected chi connectivity index (χ3v) is 6.12. The molecular formula is C21H24ClN7O2. The summed E-state index contributed by atoms with van der Waals surface area (Å²) in [7, 11) is 3.42. The van der Waals surface area contributed by atoms with E-state index in [4.69, 9.17) is 16.3 Å². The highest BCUT2D eigenvalue weighted by molar-refractivity contribution is 6.31. The van der Waals surface area contributed by atoms with Crippen LogP contribution in [0.15, 0.2) is 42.4 Å². The average Bonchev–Trinajstić information content (AvgIpc) is 3.21. The monoisotopic (exact) mass is 441 g/mol. The van der Waals surface area contributed by atoms with Crippen molar-refractivity contribution in [3.63, 3.8) is 0 Å². The molecule has 2 aliphatic heterocycles. The molecule has 0 unspecified atom stereocenters. The molecule has 2 fully saturated rings. The number of carbonyl (C=O) groups excluding carboxylic acids is 1. The predicted molar refractivity (Wildman–Crippen MR) is 120 cm³/mol. The molecule has 3 heterocycles. The molecule has 1 aromatic carbocycles. The molecule has 2 aromatic rings. The fourth-order valence-corrected chi connectivity index (χ4v) is 4.15. The van der Waals surface area contributed by atoms with E-state index in [-0.39, 0.29) is 11.6 Å². The maximum Gasteiger partial charge on any atom is 0.325 e. The molecule has 0 atom stereocenters. The summed E-state index contributed by atoms with van der Waals surface area (Å²) < 4.78 is 5.34. The molecule has 1 aliphatic carbocycles. The van der Waals surface area contributed by atoms with Crippen LogP contribution in [0.4, 0.5) is 22.2 Å². The molecule has 0 radical (unpaired) electrons. The maximum atomic E-state index is 12.3. The molecule has 1 aromatic heterocycles. The lowest BCUT2D eigenvalue weighted by Crippen LogP contribution is -2.33. The molecule has 2 N–H and O–H groups in total. The van der Waals surface area contributed by atoms with E-state index in [1.165, 1.54) is 0 Å². The van der Waals surface area contributed by atoms with Gasteiger partial charge in [-0.25, -0.2) is 9.78 Å². The summed E-state index contributed by atoms with van der Waals surface area (Å²) in [6.45, 7) is 1.95. The van der Waals surface area contributed by atoms with Gasteiger partial charge in [-0.15, -0.1) is 0 Å². The number of methoxy groups -OCH3 is 1. The Morgan fingerprint density at radius 1 is 1.26 bits per heavy atom. The number of urea groups is 1. The molecule has 162 valence electrons. The van der Waals surface area contributed by atoms with Crippen LogP contribution in [-0.4, -0.2) is 60.4 Å². The number of hydrogen-bond donors (Lipinski definition) is 2. The lowest BCUT2D eigenvalue weighted by atomic mass is 10.2. The van der Waals surface area contributed by atoms with Crippen molar-refractivity contribution >= 4 is 35.1 Å². The number of ether oxygens (including phenoxy) is 1. The highest BCUT2D eigenvalue weighted by Crippen LogP contribution is 2.45. The molecule has 1 saturated carbocycles. The number of anilines is 3. The topological polar surface area (TPSA) is 85.9 Å². The van der Waals surface area contributed by atoms with Crippen LogP contribution in [0.2, 0.25) is 5.02 Å². The lowest BCUT2D eigenvalue weighted by Gasteiger charge is -2.20. The van der Waals surface area contributed by atoms with Gasteiger partial charge < -0.3 is 25.2 Å². The number of benzene rings is 1. The molecule has 5 rings (SSSR count). The SMILES string of the molecule is COc1cc(Cl)cc(N2C=C(C3(Nc4nccc(N5CCN(C)C5=O)n4)CC3)NC2)c1. The number of amides is 2. The Kier molecular flexibility index (Phi) is 4.77.